The molecule has 3 heterocycles. The number of hydrogen-bond donors (Lipinski definition) is 8. The van der Waals surface area contributed by atoms with E-state index in [1.165, 1.54) is 23.8 Å². The minimum atomic E-state index is -5.81. The molecule has 1 aliphatic rings. The minimum absolute atomic E-state index is 0.0152. The van der Waals surface area contributed by atoms with Crippen molar-refractivity contribution in [2.24, 2.45) is 10.2 Å². The number of carbonyl (C=O) groups is 3. The molecule has 0 bridgehead atoms. The van der Waals surface area contributed by atoms with Gasteiger partial charge in [0.25, 0.3) is 5.91 Å². The van der Waals surface area contributed by atoms with Crippen molar-refractivity contribution in [3.63, 3.8) is 0 Å². The number of benzene rings is 1. The highest BCUT2D eigenvalue weighted by molar-refractivity contribution is 7.66. The van der Waals surface area contributed by atoms with Crippen LogP contribution in [0, 0.1) is 11.8 Å². The summed E-state index contributed by atoms with van der Waals surface area (Å²) in [6, 6.07) is 6.22. The summed E-state index contributed by atoms with van der Waals surface area (Å²) in [5.74, 6) is 4.78. The van der Waals surface area contributed by atoms with Crippen LogP contribution >= 0.6 is 23.5 Å². The number of azide groups is 2. The van der Waals surface area contributed by atoms with Gasteiger partial charge in [0.15, 0.2) is 6.23 Å². The third-order valence-corrected chi connectivity index (χ3v) is 12.0. The molecule has 4 rings (SSSR count). The smallest absolute Gasteiger partial charge is 0.490 e. The Morgan fingerprint density at radius 3 is 2.56 bits per heavy atom. The Hall–Kier alpha value is -5.72. The average Bonchev–Trinajstić information content (AvgIpc) is 3.82. The van der Waals surface area contributed by atoms with Crippen LogP contribution in [0.25, 0.3) is 31.9 Å². The summed E-state index contributed by atoms with van der Waals surface area (Å²) >= 11 is 0. The standard InChI is InChI=1S/C32H42N13O18P3/c1-20(46)36-8-9-38-32(48)21-4-2-6-23(12-21)58-17-27(42-44-35)57-11-10-56-16-26(47)37-7-3-5-22-14-45(31-29(22)30(33)39-18-40-31)28-13-24(59-19-41-43-34)25(61-28)15-60-65(52,53)63-66(54,55)62-64(49,50)51/h2,4,6,12,14,18,24-25,27-28H,7-11,13,15-17,19H2,1H3,(H,36,46)(H,37,47)(H,38,48)(H,52,53)(H,54,55)(H2,33,39,40)(H2,49,50,51). The van der Waals surface area contributed by atoms with E-state index in [4.69, 9.17) is 54.8 Å². The van der Waals surface area contributed by atoms with Crippen molar-refractivity contribution in [2.45, 2.75) is 38.0 Å². The first-order chi connectivity index (χ1) is 31.3. The second kappa shape index (κ2) is 25.3. The molecule has 3 aromatic rings. The predicted octanol–water partition coefficient (Wildman–Crippen LogP) is 1.38. The van der Waals surface area contributed by atoms with Gasteiger partial charge in [-0.15, -0.1) is 0 Å². The van der Waals surface area contributed by atoms with Crippen LogP contribution in [0.3, 0.4) is 0 Å². The molecule has 358 valence electrons. The van der Waals surface area contributed by atoms with Crippen molar-refractivity contribution in [3.8, 4) is 17.6 Å². The number of nitrogens with one attached hydrogen (secondary N) is 3. The van der Waals surface area contributed by atoms with Gasteiger partial charge in [0, 0.05) is 48.0 Å². The van der Waals surface area contributed by atoms with Gasteiger partial charge in [-0.05, 0) is 29.3 Å². The molecular weight excluding hydrogens is 947 g/mol. The molecule has 9 N–H and O–H groups in total. The molecule has 2 aromatic heterocycles. The Labute approximate surface area is 372 Å². The molecule has 1 saturated heterocycles. The van der Waals surface area contributed by atoms with E-state index in [-0.39, 0.29) is 74.2 Å². The van der Waals surface area contributed by atoms with Gasteiger partial charge in [0.2, 0.25) is 11.8 Å². The van der Waals surface area contributed by atoms with Gasteiger partial charge >= 0.3 is 23.5 Å². The molecule has 1 aromatic carbocycles. The van der Waals surface area contributed by atoms with Gasteiger partial charge in [-0.2, -0.15) is 8.62 Å². The van der Waals surface area contributed by atoms with Crippen LogP contribution in [0.1, 0.15) is 35.5 Å². The lowest BCUT2D eigenvalue weighted by atomic mass is 10.2. The SMILES string of the molecule is CC(=O)NCCNC(=O)c1cccc(OCC(N=[N+]=[N-])OCCOCC(=O)NCC#Cc2cn(C3CC(OCN=[N+]=[N-])C(COP(=O)(O)OP(=O)(O)OP(=O)(O)O)O3)c3ncnc(N)c23)c1. The molecule has 1 aliphatic heterocycles. The van der Waals surface area contributed by atoms with Crippen LogP contribution in [0.2, 0.25) is 0 Å². The Morgan fingerprint density at radius 1 is 1.06 bits per heavy atom. The van der Waals surface area contributed by atoms with E-state index < -0.39 is 79.9 Å². The normalized spacial score (nSPS) is 18.0. The second-order valence-electron chi connectivity index (χ2n) is 13.0. The van der Waals surface area contributed by atoms with Gasteiger partial charge in [-0.25, -0.2) is 23.7 Å². The summed E-state index contributed by atoms with van der Waals surface area (Å²) in [7, 11) is -17.0. The predicted molar refractivity (Wildman–Crippen MR) is 222 cm³/mol. The minimum Gasteiger partial charge on any atom is -0.491 e. The lowest BCUT2D eigenvalue weighted by Crippen LogP contribution is -2.33. The summed E-state index contributed by atoms with van der Waals surface area (Å²) in [5, 5.41) is 14.9. The summed E-state index contributed by atoms with van der Waals surface area (Å²) in [6.45, 7) is -0.498. The number of rotatable bonds is 26. The molecule has 0 aliphatic carbocycles. The Kier molecular flexibility index (Phi) is 20.2. The first-order valence-corrected chi connectivity index (χ1v) is 23.2. The number of ether oxygens (including phenoxy) is 5. The van der Waals surface area contributed by atoms with Crippen LogP contribution in [0.5, 0.6) is 5.75 Å². The van der Waals surface area contributed by atoms with Crippen LogP contribution in [-0.4, -0.2) is 130 Å². The molecule has 6 atom stereocenters. The number of anilines is 1. The molecule has 0 spiro atoms. The fourth-order valence-corrected chi connectivity index (χ4v) is 8.60. The van der Waals surface area contributed by atoms with E-state index in [9.17, 15) is 37.9 Å². The molecule has 3 amide bonds. The van der Waals surface area contributed by atoms with Crippen LogP contribution < -0.4 is 26.4 Å². The van der Waals surface area contributed by atoms with Crippen molar-refractivity contribution in [2.75, 3.05) is 65.1 Å². The highest BCUT2D eigenvalue weighted by atomic mass is 31.3. The van der Waals surface area contributed by atoms with E-state index >= 15 is 0 Å². The lowest BCUT2D eigenvalue weighted by molar-refractivity contribution is -0.126. The molecule has 0 radical (unpaired) electrons. The maximum atomic E-state index is 12.4. The molecule has 0 saturated carbocycles. The van der Waals surface area contributed by atoms with E-state index in [0.29, 0.717) is 11.3 Å². The largest absolute Gasteiger partial charge is 0.491 e. The van der Waals surface area contributed by atoms with E-state index in [1.807, 2.05) is 0 Å². The van der Waals surface area contributed by atoms with E-state index in [1.54, 1.807) is 18.2 Å². The second-order valence-corrected chi connectivity index (χ2v) is 17.4. The number of nitrogens with zero attached hydrogens (tertiary/aromatic N) is 9. The van der Waals surface area contributed by atoms with Crippen molar-refractivity contribution in [1.29, 1.82) is 0 Å². The number of hydrogen-bond acceptors (Lipinski definition) is 19. The lowest BCUT2D eigenvalue weighted by Gasteiger charge is -2.21. The number of nitrogen functional groups attached to an aromatic ring is 1. The van der Waals surface area contributed by atoms with Gasteiger partial charge in [0.1, 0.15) is 55.8 Å². The molecule has 1 fully saturated rings. The van der Waals surface area contributed by atoms with Crippen LogP contribution in [0.4, 0.5) is 5.82 Å². The molecule has 34 heteroatoms. The van der Waals surface area contributed by atoms with Crippen molar-refractivity contribution in [1.82, 2.24) is 30.5 Å². The summed E-state index contributed by atoms with van der Waals surface area (Å²) in [5.41, 5.74) is 24.6. The summed E-state index contributed by atoms with van der Waals surface area (Å²) in [6.07, 6.45) is -1.78. The Balaban J connectivity index is 1.28. The Morgan fingerprint density at radius 2 is 1.83 bits per heavy atom. The molecule has 31 nitrogen and oxygen atoms in total. The molecule has 6 unspecified atom stereocenters. The zero-order valence-corrected chi connectivity index (χ0v) is 37.0. The third-order valence-electron chi connectivity index (χ3n) is 8.18. The van der Waals surface area contributed by atoms with E-state index in [2.05, 4.69) is 66.4 Å². The summed E-state index contributed by atoms with van der Waals surface area (Å²) in [4.78, 5) is 86.3. The number of amides is 3. The summed E-state index contributed by atoms with van der Waals surface area (Å²) < 4.78 is 76.7. The van der Waals surface area contributed by atoms with Gasteiger partial charge in [0.05, 0.1) is 43.4 Å². The number of carbonyl (C=O) groups excluding carboxylic acids is 3. The zero-order valence-electron chi connectivity index (χ0n) is 34.3. The van der Waals surface area contributed by atoms with Gasteiger partial charge < -0.3 is 69.5 Å². The number of phosphoric ester groups is 1. The van der Waals surface area contributed by atoms with Gasteiger partial charge in [-0.1, -0.05) is 28.1 Å². The highest BCUT2D eigenvalue weighted by Gasteiger charge is 2.43. The molecular formula is C32H42N13O18P3. The highest BCUT2D eigenvalue weighted by Crippen LogP contribution is 2.66. The maximum Gasteiger partial charge on any atom is 0.490 e. The number of aromatic nitrogens is 3. The fourth-order valence-electron chi connectivity index (χ4n) is 5.57. The van der Waals surface area contributed by atoms with Crippen molar-refractivity contribution < 1.29 is 84.5 Å². The quantitative estimate of drug-likeness (QED) is 0.0141. The van der Waals surface area contributed by atoms with Crippen molar-refractivity contribution >= 4 is 58.0 Å². The van der Waals surface area contributed by atoms with E-state index in [0.717, 1.165) is 6.33 Å². The third kappa shape index (κ3) is 17.9. The number of phosphoric acid groups is 3. The van der Waals surface area contributed by atoms with Gasteiger partial charge in [-0.3, -0.25) is 18.9 Å². The Bertz CT molecular complexity index is 2510. The first-order valence-electron chi connectivity index (χ1n) is 18.7. The molecule has 66 heavy (non-hydrogen) atoms. The van der Waals surface area contributed by atoms with Crippen LogP contribution in [-0.2, 0) is 55.4 Å². The number of fused-ring (bicyclic) bond motifs is 1. The average molecular weight is 990 g/mol. The first kappa shape index (κ1) is 52.9. The monoisotopic (exact) mass is 989 g/mol. The maximum absolute atomic E-state index is 12.4. The topological polar surface area (TPSA) is 448 Å². The van der Waals surface area contributed by atoms with Crippen molar-refractivity contribution in [3.05, 3.63) is 68.8 Å². The number of nitrogens with two attached hydrogens (primary N) is 1. The zero-order chi connectivity index (χ0) is 48.3. The fraction of sp³-hybridized carbons (Fsp3) is 0.469. The van der Waals surface area contributed by atoms with Crippen LogP contribution in [0.15, 0.2) is 47.0 Å².